The predicted octanol–water partition coefficient (Wildman–Crippen LogP) is -1.36. The maximum absolute atomic E-state index is 11.8. The Morgan fingerprint density at radius 2 is 2.19 bits per heavy atom. The van der Waals surface area contributed by atoms with Crippen molar-refractivity contribution in [2.75, 3.05) is 11.5 Å². The largest absolute Gasteiger partial charge is 0.386 e. The van der Waals surface area contributed by atoms with Gasteiger partial charge in [0.1, 0.15) is 11.7 Å². The summed E-state index contributed by atoms with van der Waals surface area (Å²) in [6, 6.07) is 0. The zero-order chi connectivity index (χ0) is 16.0. The molecule has 0 spiro atoms. The fourth-order valence-corrected chi connectivity index (χ4v) is 3.71. The fraction of sp³-hybridized carbons (Fsp3) is 0.333. The summed E-state index contributed by atoms with van der Waals surface area (Å²) < 4.78 is 36.3. The van der Waals surface area contributed by atoms with Crippen LogP contribution in [-0.2, 0) is 21.0 Å². The molecule has 0 fully saturated rings. The Labute approximate surface area is 129 Å². The van der Waals surface area contributed by atoms with Gasteiger partial charge in [-0.1, -0.05) is 11.8 Å². The van der Waals surface area contributed by atoms with E-state index in [1.807, 2.05) is 0 Å². The first-order chi connectivity index (χ1) is 9.65. The zero-order valence-electron chi connectivity index (χ0n) is 10.9. The molecular formula is C9H16N6O3S3. The lowest BCUT2D eigenvalue weighted by atomic mass is 10.5. The topological polar surface area (TPSA) is 178 Å². The highest BCUT2D eigenvalue weighted by Crippen LogP contribution is 2.24. The Morgan fingerprint density at radius 1 is 1.52 bits per heavy atom. The van der Waals surface area contributed by atoms with E-state index in [1.54, 1.807) is 5.41 Å². The smallest absolute Gasteiger partial charge is 0.318 e. The molecule has 8 N–H and O–H groups in total. The van der Waals surface area contributed by atoms with Crippen molar-refractivity contribution in [3.8, 4) is 0 Å². The molecular weight excluding hydrogens is 336 g/mol. The van der Waals surface area contributed by atoms with Gasteiger partial charge in [0.25, 0.3) is 0 Å². The summed E-state index contributed by atoms with van der Waals surface area (Å²) in [5.41, 5.74) is 11.3. The Kier molecular flexibility index (Phi) is 6.39. The fourth-order valence-electron chi connectivity index (χ4n) is 1.31. The van der Waals surface area contributed by atoms with Gasteiger partial charge in [-0.05, 0) is 5.41 Å². The van der Waals surface area contributed by atoms with Crippen molar-refractivity contribution in [1.82, 2.24) is 5.32 Å². The molecule has 0 aromatic carbocycles. The second kappa shape index (κ2) is 7.59. The molecule has 0 bridgehead atoms. The van der Waals surface area contributed by atoms with Gasteiger partial charge in [0.05, 0.1) is 10.8 Å². The molecule has 9 nitrogen and oxygen atoms in total. The highest BCUT2D eigenvalue weighted by molar-refractivity contribution is 8.06. The molecule has 0 amide bonds. The molecule has 21 heavy (non-hydrogen) atoms. The number of nitrogens with zero attached hydrogens (tertiary/aromatic N) is 1. The summed E-state index contributed by atoms with van der Waals surface area (Å²) in [6.07, 6.45) is 1.52. The summed E-state index contributed by atoms with van der Waals surface area (Å²) in [5.74, 6) is 0.170. The van der Waals surface area contributed by atoms with E-state index >= 15 is 0 Å². The summed E-state index contributed by atoms with van der Waals surface area (Å²) in [7, 11) is -5.25. The van der Waals surface area contributed by atoms with Crippen LogP contribution < -0.4 is 21.9 Å². The normalized spacial score (nSPS) is 19.2. The average Bonchev–Trinajstić information content (AvgIpc) is 2.70. The molecule has 118 valence electrons. The summed E-state index contributed by atoms with van der Waals surface area (Å²) in [4.78, 5) is 0. The minimum atomic E-state index is -4.01. The van der Waals surface area contributed by atoms with Crippen LogP contribution in [0.3, 0.4) is 0 Å². The van der Waals surface area contributed by atoms with E-state index in [0.717, 1.165) is 5.70 Å². The van der Waals surface area contributed by atoms with Crippen LogP contribution in [0.4, 0.5) is 0 Å². The summed E-state index contributed by atoms with van der Waals surface area (Å²) >= 11 is 1.34. The van der Waals surface area contributed by atoms with Gasteiger partial charge < -0.3 is 16.8 Å². The van der Waals surface area contributed by atoms with Crippen LogP contribution in [0.5, 0.6) is 0 Å². The molecule has 12 heteroatoms. The third-order valence-electron chi connectivity index (χ3n) is 2.05. The lowest BCUT2D eigenvalue weighted by Gasteiger charge is -2.05. The Bertz CT molecular complexity index is 637. The van der Waals surface area contributed by atoms with Crippen LogP contribution in [0.15, 0.2) is 26.6 Å². The van der Waals surface area contributed by atoms with Gasteiger partial charge in [0.2, 0.25) is 0 Å². The zero-order valence-corrected chi connectivity index (χ0v) is 13.4. The summed E-state index contributed by atoms with van der Waals surface area (Å²) in [6.45, 7) is 0. The maximum atomic E-state index is 11.8. The Morgan fingerprint density at radius 3 is 2.76 bits per heavy atom. The van der Waals surface area contributed by atoms with Crippen LogP contribution in [0.2, 0.25) is 0 Å². The second-order valence-corrected chi connectivity index (χ2v) is 7.69. The first kappa shape index (κ1) is 17.7. The van der Waals surface area contributed by atoms with Gasteiger partial charge in [0, 0.05) is 34.7 Å². The van der Waals surface area contributed by atoms with E-state index in [4.69, 9.17) is 22.0 Å². The molecule has 1 unspecified atom stereocenters. The van der Waals surface area contributed by atoms with E-state index in [1.165, 1.54) is 17.8 Å². The molecule has 0 aromatic rings. The van der Waals surface area contributed by atoms with Gasteiger partial charge in [0.15, 0.2) is 0 Å². The lowest BCUT2D eigenvalue weighted by Crippen LogP contribution is -2.22. The van der Waals surface area contributed by atoms with E-state index in [-0.39, 0.29) is 29.6 Å². The highest BCUT2D eigenvalue weighted by atomic mass is 32.2. The third kappa shape index (κ3) is 7.84. The van der Waals surface area contributed by atoms with Crippen molar-refractivity contribution in [2.45, 2.75) is 6.42 Å². The molecule has 0 saturated heterocycles. The van der Waals surface area contributed by atoms with Crippen LogP contribution in [0.25, 0.3) is 0 Å². The van der Waals surface area contributed by atoms with Crippen molar-refractivity contribution >= 4 is 44.4 Å². The maximum Gasteiger partial charge on any atom is 0.318 e. The van der Waals surface area contributed by atoms with Gasteiger partial charge >= 0.3 is 10.2 Å². The number of thioether (sulfide) groups is 1. The number of rotatable bonds is 7. The minimum absolute atomic E-state index is 0.0691. The quantitative estimate of drug-likeness (QED) is 0.277. The standard InChI is InChI=1S/C9H16N6O3S3/c10-7(11)3-9-14-6(4-19-9)5-20(16)2-1-8(12)15-21(13,17)18/h3-4,14H,1-2,5H2,(H3,10,11)(H2,12,15)(H2,13,17,18)/b9-3-. The molecule has 1 rings (SSSR count). The number of nitrogens with one attached hydrogen (secondary N) is 2. The number of amidine groups is 2. The Hall–Kier alpha value is -1.37. The SMILES string of the molecule is N=C(N)/C=C1/NC(CS(=O)CC/C(N)=N/S(N)(=O)=O)=CS1. The third-order valence-corrected chi connectivity index (χ3v) is 4.70. The van der Waals surface area contributed by atoms with Gasteiger partial charge in [-0.15, -0.1) is 4.40 Å². The van der Waals surface area contributed by atoms with Crippen LogP contribution >= 0.6 is 11.8 Å². The average molecular weight is 352 g/mol. The van der Waals surface area contributed by atoms with Gasteiger partial charge in [-0.3, -0.25) is 9.62 Å². The van der Waals surface area contributed by atoms with Crippen molar-refractivity contribution in [1.29, 1.82) is 5.41 Å². The number of nitrogens with two attached hydrogens (primary N) is 3. The number of hydrogen-bond donors (Lipinski definition) is 5. The molecule has 0 saturated carbocycles. The monoisotopic (exact) mass is 352 g/mol. The van der Waals surface area contributed by atoms with Crippen molar-refractivity contribution in [3.63, 3.8) is 0 Å². The second-order valence-electron chi connectivity index (χ2n) is 3.99. The molecule has 1 aliphatic rings. The lowest BCUT2D eigenvalue weighted by molar-refractivity contribution is 0.599. The van der Waals surface area contributed by atoms with Crippen molar-refractivity contribution in [3.05, 3.63) is 22.2 Å². The van der Waals surface area contributed by atoms with Gasteiger partial charge in [-0.2, -0.15) is 8.42 Å². The van der Waals surface area contributed by atoms with Crippen LogP contribution in [0.1, 0.15) is 6.42 Å². The van der Waals surface area contributed by atoms with E-state index < -0.39 is 21.0 Å². The molecule has 1 atom stereocenters. The van der Waals surface area contributed by atoms with Gasteiger partial charge in [-0.25, -0.2) is 5.14 Å². The first-order valence-corrected chi connectivity index (χ1v) is 9.43. The summed E-state index contributed by atoms with van der Waals surface area (Å²) in [5, 5.41) is 17.3. The molecule has 1 heterocycles. The van der Waals surface area contributed by atoms with E-state index in [2.05, 4.69) is 9.71 Å². The van der Waals surface area contributed by atoms with Crippen molar-refractivity contribution in [2.24, 2.45) is 21.0 Å². The predicted molar refractivity (Wildman–Crippen MR) is 86.0 cm³/mol. The molecule has 0 radical (unpaired) electrons. The van der Waals surface area contributed by atoms with Crippen molar-refractivity contribution < 1.29 is 12.6 Å². The van der Waals surface area contributed by atoms with Crippen LogP contribution in [0, 0.1) is 5.41 Å². The molecule has 1 aliphatic heterocycles. The molecule has 0 aromatic heterocycles. The van der Waals surface area contributed by atoms with E-state index in [0.29, 0.717) is 5.03 Å². The molecule has 0 aliphatic carbocycles. The van der Waals surface area contributed by atoms with E-state index in [9.17, 15) is 12.6 Å². The first-order valence-electron chi connectivity index (χ1n) is 5.56. The number of hydrogen-bond acceptors (Lipinski definition) is 6. The minimum Gasteiger partial charge on any atom is -0.386 e. The highest BCUT2D eigenvalue weighted by Gasteiger charge is 2.13. The van der Waals surface area contributed by atoms with Crippen LogP contribution in [-0.4, -0.2) is 35.8 Å². The Balaban J connectivity index is 2.43.